The van der Waals surface area contributed by atoms with Gasteiger partial charge in [-0.15, -0.1) is 0 Å². The fourth-order valence-corrected chi connectivity index (χ4v) is 1.02. The minimum Gasteiger partial charge on any atom is -0.358 e. The van der Waals surface area contributed by atoms with E-state index in [2.05, 4.69) is 10.6 Å². The van der Waals surface area contributed by atoms with Gasteiger partial charge in [-0.3, -0.25) is 9.59 Å². The summed E-state index contributed by atoms with van der Waals surface area (Å²) in [6.45, 7) is 1.94. The smallest absolute Gasteiger partial charge is 0.232 e. The van der Waals surface area contributed by atoms with Crippen LogP contribution in [0, 0.1) is 5.92 Å². The average Bonchev–Trinajstić information content (AvgIpc) is 2.11. The van der Waals surface area contributed by atoms with Crippen molar-refractivity contribution >= 4 is 11.8 Å². The molecule has 0 aliphatic carbocycles. The van der Waals surface area contributed by atoms with Gasteiger partial charge in [0.2, 0.25) is 11.8 Å². The number of rotatable bonds is 4. The molecule has 0 atom stereocenters. The minimum absolute atomic E-state index is 0.212. The van der Waals surface area contributed by atoms with Crippen molar-refractivity contribution in [2.75, 3.05) is 14.1 Å². The zero-order valence-corrected chi connectivity index (χ0v) is 7.81. The normalized spacial score (nSPS) is 9.67. The van der Waals surface area contributed by atoms with Crippen molar-refractivity contribution in [3.05, 3.63) is 0 Å². The summed E-state index contributed by atoms with van der Waals surface area (Å²) in [5.41, 5.74) is 0. The summed E-state index contributed by atoms with van der Waals surface area (Å²) >= 11 is 0. The van der Waals surface area contributed by atoms with Gasteiger partial charge in [0.05, 0.1) is 0 Å². The van der Waals surface area contributed by atoms with E-state index in [1.165, 1.54) is 14.1 Å². The number of amides is 2. The molecule has 0 saturated heterocycles. The molecule has 0 aliphatic heterocycles. The van der Waals surface area contributed by atoms with Crippen molar-refractivity contribution in [2.45, 2.75) is 19.8 Å². The molecule has 4 nitrogen and oxygen atoms in total. The topological polar surface area (TPSA) is 58.2 Å². The first-order valence-electron chi connectivity index (χ1n) is 4.10. The van der Waals surface area contributed by atoms with Crippen molar-refractivity contribution in [1.82, 2.24) is 10.6 Å². The molecule has 0 aliphatic rings. The van der Waals surface area contributed by atoms with Gasteiger partial charge in [-0.2, -0.15) is 0 Å². The lowest BCUT2D eigenvalue weighted by molar-refractivity contribution is -0.135. The molecule has 0 unspecified atom stereocenters. The van der Waals surface area contributed by atoms with E-state index in [0.717, 1.165) is 6.42 Å². The monoisotopic (exact) mass is 172 g/mol. The molecule has 0 spiro atoms. The maximum atomic E-state index is 11.1. The van der Waals surface area contributed by atoms with Gasteiger partial charge in [0.1, 0.15) is 5.92 Å². The SMILES string of the molecule is CCCC(C(=O)NC)C(=O)NC. The molecule has 0 heterocycles. The quantitative estimate of drug-likeness (QED) is 0.581. The maximum absolute atomic E-state index is 11.1. The van der Waals surface area contributed by atoms with E-state index in [0.29, 0.717) is 6.42 Å². The van der Waals surface area contributed by atoms with Crippen molar-refractivity contribution in [3.8, 4) is 0 Å². The standard InChI is InChI=1S/C8H16N2O2/c1-4-5-6(7(11)9-2)8(12)10-3/h6H,4-5H2,1-3H3,(H,9,11)(H,10,12). The Morgan fingerprint density at radius 3 is 1.83 bits per heavy atom. The molecule has 4 heteroatoms. The highest BCUT2D eigenvalue weighted by Crippen LogP contribution is 2.05. The summed E-state index contributed by atoms with van der Waals surface area (Å²) in [7, 11) is 3.07. The Balaban J connectivity index is 4.21. The highest BCUT2D eigenvalue weighted by atomic mass is 16.2. The van der Waals surface area contributed by atoms with Gasteiger partial charge in [0.15, 0.2) is 0 Å². The van der Waals surface area contributed by atoms with Crippen LogP contribution in [0.4, 0.5) is 0 Å². The van der Waals surface area contributed by atoms with E-state index >= 15 is 0 Å². The first-order chi connectivity index (χ1) is 5.67. The predicted molar refractivity (Wildman–Crippen MR) is 46.5 cm³/mol. The summed E-state index contributed by atoms with van der Waals surface area (Å²) in [6.07, 6.45) is 1.42. The van der Waals surface area contributed by atoms with Crippen molar-refractivity contribution in [2.24, 2.45) is 5.92 Å². The van der Waals surface area contributed by atoms with Crippen LogP contribution in [-0.4, -0.2) is 25.9 Å². The van der Waals surface area contributed by atoms with Crippen molar-refractivity contribution in [1.29, 1.82) is 0 Å². The Hall–Kier alpha value is -1.06. The van der Waals surface area contributed by atoms with Crippen LogP contribution in [0.5, 0.6) is 0 Å². The van der Waals surface area contributed by atoms with Crippen LogP contribution in [0.15, 0.2) is 0 Å². The third kappa shape index (κ3) is 2.90. The number of carbonyl (C=O) groups excluding carboxylic acids is 2. The predicted octanol–water partition coefficient (Wildman–Crippen LogP) is -0.105. The molecule has 0 fully saturated rings. The van der Waals surface area contributed by atoms with E-state index < -0.39 is 5.92 Å². The lowest BCUT2D eigenvalue weighted by atomic mass is 10.0. The van der Waals surface area contributed by atoms with E-state index in [-0.39, 0.29) is 11.8 Å². The van der Waals surface area contributed by atoms with E-state index in [9.17, 15) is 9.59 Å². The summed E-state index contributed by atoms with van der Waals surface area (Å²) in [5, 5.41) is 4.93. The highest BCUT2D eigenvalue weighted by molar-refractivity contribution is 5.99. The Kier molecular flexibility index (Phi) is 5.08. The van der Waals surface area contributed by atoms with E-state index in [1.807, 2.05) is 6.92 Å². The first-order valence-corrected chi connectivity index (χ1v) is 4.10. The fourth-order valence-electron chi connectivity index (χ4n) is 1.02. The lowest BCUT2D eigenvalue weighted by Crippen LogP contribution is -2.38. The van der Waals surface area contributed by atoms with Crippen LogP contribution in [0.25, 0.3) is 0 Å². The number of carbonyl (C=O) groups is 2. The van der Waals surface area contributed by atoms with E-state index in [4.69, 9.17) is 0 Å². The zero-order chi connectivity index (χ0) is 9.56. The Labute approximate surface area is 72.7 Å². The Bertz CT molecular complexity index is 152. The molecule has 0 aromatic heterocycles. The second-order valence-corrected chi connectivity index (χ2v) is 2.57. The minimum atomic E-state index is -0.537. The van der Waals surface area contributed by atoms with Gasteiger partial charge in [-0.25, -0.2) is 0 Å². The molecule has 70 valence electrons. The molecule has 0 radical (unpaired) electrons. The third-order valence-electron chi connectivity index (χ3n) is 1.70. The van der Waals surface area contributed by atoms with Crippen LogP contribution in [0.3, 0.4) is 0 Å². The third-order valence-corrected chi connectivity index (χ3v) is 1.70. The maximum Gasteiger partial charge on any atom is 0.232 e. The first kappa shape index (κ1) is 10.9. The lowest BCUT2D eigenvalue weighted by Gasteiger charge is -2.11. The van der Waals surface area contributed by atoms with Gasteiger partial charge < -0.3 is 10.6 Å². The molecule has 0 bridgehead atoms. The van der Waals surface area contributed by atoms with Crippen LogP contribution < -0.4 is 10.6 Å². The van der Waals surface area contributed by atoms with Gasteiger partial charge in [-0.1, -0.05) is 13.3 Å². The number of hydrogen-bond donors (Lipinski definition) is 2. The Morgan fingerprint density at radius 2 is 1.58 bits per heavy atom. The zero-order valence-electron chi connectivity index (χ0n) is 7.81. The van der Waals surface area contributed by atoms with Gasteiger partial charge in [0, 0.05) is 14.1 Å². The second kappa shape index (κ2) is 5.57. The number of nitrogens with one attached hydrogen (secondary N) is 2. The van der Waals surface area contributed by atoms with Crippen LogP contribution in [-0.2, 0) is 9.59 Å². The summed E-state index contributed by atoms with van der Waals surface area (Å²) in [4.78, 5) is 22.3. The average molecular weight is 172 g/mol. The second-order valence-electron chi connectivity index (χ2n) is 2.57. The molecule has 0 saturated carbocycles. The molecule has 12 heavy (non-hydrogen) atoms. The number of hydrogen-bond acceptors (Lipinski definition) is 2. The highest BCUT2D eigenvalue weighted by Gasteiger charge is 2.23. The Morgan fingerprint density at radius 1 is 1.17 bits per heavy atom. The van der Waals surface area contributed by atoms with Crippen molar-refractivity contribution in [3.63, 3.8) is 0 Å². The summed E-state index contributed by atoms with van der Waals surface area (Å²) in [6, 6.07) is 0. The summed E-state index contributed by atoms with van der Waals surface area (Å²) < 4.78 is 0. The van der Waals surface area contributed by atoms with Crippen LogP contribution in [0.1, 0.15) is 19.8 Å². The molecule has 0 rings (SSSR count). The van der Waals surface area contributed by atoms with E-state index in [1.54, 1.807) is 0 Å². The van der Waals surface area contributed by atoms with Crippen molar-refractivity contribution < 1.29 is 9.59 Å². The molecule has 0 aromatic rings. The molecular weight excluding hydrogens is 156 g/mol. The molecular formula is C8H16N2O2. The van der Waals surface area contributed by atoms with Gasteiger partial charge in [-0.05, 0) is 6.42 Å². The van der Waals surface area contributed by atoms with Gasteiger partial charge in [0.25, 0.3) is 0 Å². The fraction of sp³-hybridized carbons (Fsp3) is 0.750. The molecule has 0 aromatic carbocycles. The largest absolute Gasteiger partial charge is 0.358 e. The molecule has 2 N–H and O–H groups in total. The van der Waals surface area contributed by atoms with Gasteiger partial charge >= 0.3 is 0 Å². The summed E-state index contributed by atoms with van der Waals surface area (Å²) in [5.74, 6) is -0.961. The van der Waals surface area contributed by atoms with Crippen LogP contribution >= 0.6 is 0 Å². The molecule has 2 amide bonds. The van der Waals surface area contributed by atoms with Crippen LogP contribution in [0.2, 0.25) is 0 Å².